The fourth-order valence-corrected chi connectivity index (χ4v) is 2.66. The molecule has 2 aromatic rings. The molecule has 0 bridgehead atoms. The molecule has 1 saturated carbocycles. The number of carbonyl (C=O) groups excluding carboxylic acids is 1. The molecule has 0 unspecified atom stereocenters. The van der Waals surface area contributed by atoms with Gasteiger partial charge >= 0.3 is 0 Å². The van der Waals surface area contributed by atoms with Crippen molar-refractivity contribution in [2.45, 2.75) is 31.4 Å². The van der Waals surface area contributed by atoms with Crippen LogP contribution in [0.4, 0.5) is 0 Å². The van der Waals surface area contributed by atoms with E-state index in [4.69, 9.17) is 4.74 Å². The zero-order valence-electron chi connectivity index (χ0n) is 11.7. The van der Waals surface area contributed by atoms with Gasteiger partial charge in [0.05, 0.1) is 6.04 Å². The Morgan fingerprint density at radius 3 is 2.62 bits per heavy atom. The number of aromatic nitrogens is 1. The number of ether oxygens (including phenoxy) is 1. The first-order valence-electron chi connectivity index (χ1n) is 7.25. The van der Waals surface area contributed by atoms with Gasteiger partial charge in [0.2, 0.25) is 0 Å². The molecule has 0 spiro atoms. The third-order valence-electron chi connectivity index (χ3n) is 3.74. The van der Waals surface area contributed by atoms with Crippen LogP contribution in [0.25, 0.3) is 0 Å². The second-order valence-corrected chi connectivity index (χ2v) is 5.22. The summed E-state index contributed by atoms with van der Waals surface area (Å²) in [5, 5.41) is 3.07. The number of hydrogen-bond donors (Lipinski definition) is 1. The first kappa shape index (κ1) is 13.6. The third kappa shape index (κ3) is 3.40. The smallest absolute Gasteiger partial charge is 0.251 e. The van der Waals surface area contributed by atoms with E-state index in [0.29, 0.717) is 5.56 Å². The molecule has 1 aliphatic rings. The third-order valence-corrected chi connectivity index (χ3v) is 3.74. The molecule has 21 heavy (non-hydrogen) atoms. The predicted octanol–water partition coefficient (Wildman–Crippen LogP) is 2.81. The molecule has 0 saturated heterocycles. The molecule has 3 rings (SSSR count). The minimum atomic E-state index is -0.0639. The molecule has 1 aliphatic carbocycles. The van der Waals surface area contributed by atoms with Gasteiger partial charge in [-0.25, -0.2) is 0 Å². The number of para-hydroxylation sites is 1. The summed E-state index contributed by atoms with van der Waals surface area (Å²) in [6, 6.07) is 13.3. The summed E-state index contributed by atoms with van der Waals surface area (Å²) < 4.78 is 6.00. The Balaban J connectivity index is 1.63. The van der Waals surface area contributed by atoms with Crippen LogP contribution in [-0.4, -0.2) is 23.0 Å². The molecule has 4 nitrogen and oxygen atoms in total. The molecule has 1 amide bonds. The molecule has 1 fully saturated rings. The van der Waals surface area contributed by atoms with Gasteiger partial charge in [-0.3, -0.25) is 9.78 Å². The van der Waals surface area contributed by atoms with E-state index in [2.05, 4.69) is 10.3 Å². The average Bonchev–Trinajstić information content (AvgIpc) is 2.96. The second-order valence-electron chi connectivity index (χ2n) is 5.22. The van der Waals surface area contributed by atoms with E-state index >= 15 is 0 Å². The topological polar surface area (TPSA) is 51.2 Å². The predicted molar refractivity (Wildman–Crippen MR) is 80.2 cm³/mol. The van der Waals surface area contributed by atoms with E-state index in [-0.39, 0.29) is 18.1 Å². The van der Waals surface area contributed by atoms with Crippen LogP contribution in [0, 0.1) is 0 Å². The van der Waals surface area contributed by atoms with Crippen LogP contribution >= 0.6 is 0 Å². The van der Waals surface area contributed by atoms with Crippen molar-refractivity contribution in [1.82, 2.24) is 10.3 Å². The summed E-state index contributed by atoms with van der Waals surface area (Å²) >= 11 is 0. The number of rotatable bonds is 4. The van der Waals surface area contributed by atoms with Crippen molar-refractivity contribution in [1.29, 1.82) is 0 Å². The number of nitrogens with zero attached hydrogens (tertiary/aromatic N) is 1. The van der Waals surface area contributed by atoms with Crippen molar-refractivity contribution in [2.75, 3.05) is 0 Å². The number of amides is 1. The summed E-state index contributed by atoms with van der Waals surface area (Å²) in [4.78, 5) is 16.1. The Labute approximate surface area is 124 Å². The van der Waals surface area contributed by atoms with E-state index in [1.54, 1.807) is 24.5 Å². The molecule has 1 heterocycles. The van der Waals surface area contributed by atoms with E-state index in [9.17, 15) is 4.79 Å². The van der Waals surface area contributed by atoms with Gasteiger partial charge in [0, 0.05) is 18.0 Å². The minimum Gasteiger partial charge on any atom is -0.488 e. The molecule has 2 atom stereocenters. The summed E-state index contributed by atoms with van der Waals surface area (Å²) in [5.41, 5.74) is 0.635. The Morgan fingerprint density at radius 2 is 1.86 bits per heavy atom. The van der Waals surface area contributed by atoms with Gasteiger partial charge in [0.1, 0.15) is 11.9 Å². The van der Waals surface area contributed by atoms with Gasteiger partial charge in [-0.15, -0.1) is 0 Å². The van der Waals surface area contributed by atoms with Gasteiger partial charge in [-0.05, 0) is 43.5 Å². The fraction of sp³-hybridized carbons (Fsp3) is 0.294. The van der Waals surface area contributed by atoms with Gasteiger partial charge in [-0.1, -0.05) is 18.2 Å². The highest BCUT2D eigenvalue weighted by molar-refractivity contribution is 5.94. The molecular weight excluding hydrogens is 264 g/mol. The van der Waals surface area contributed by atoms with Crippen LogP contribution < -0.4 is 10.1 Å². The van der Waals surface area contributed by atoms with Gasteiger partial charge in [0.15, 0.2) is 0 Å². The zero-order valence-corrected chi connectivity index (χ0v) is 11.7. The van der Waals surface area contributed by atoms with Gasteiger partial charge in [-0.2, -0.15) is 0 Å². The SMILES string of the molecule is O=C(N[C@@H]1CCC[C@@H]1Oc1ccccc1)c1ccncc1. The lowest BCUT2D eigenvalue weighted by atomic mass is 10.2. The van der Waals surface area contributed by atoms with Crippen LogP contribution in [0.3, 0.4) is 0 Å². The number of benzene rings is 1. The normalized spacial score (nSPS) is 21.0. The highest BCUT2D eigenvalue weighted by Gasteiger charge is 2.30. The van der Waals surface area contributed by atoms with Crippen LogP contribution in [0.1, 0.15) is 29.6 Å². The van der Waals surface area contributed by atoms with Crippen LogP contribution in [-0.2, 0) is 0 Å². The molecule has 1 N–H and O–H groups in total. The van der Waals surface area contributed by atoms with Gasteiger partial charge in [0.25, 0.3) is 5.91 Å². The zero-order chi connectivity index (χ0) is 14.5. The number of nitrogens with one attached hydrogen (secondary N) is 1. The number of carbonyl (C=O) groups is 1. The Kier molecular flexibility index (Phi) is 4.15. The standard InChI is InChI=1S/C17H18N2O2/c20-17(13-9-11-18-12-10-13)19-15-7-4-8-16(15)21-14-5-2-1-3-6-14/h1-3,5-6,9-12,15-16H,4,7-8H2,(H,19,20)/t15-,16+/m1/s1. The van der Waals surface area contributed by atoms with Crippen molar-refractivity contribution in [3.8, 4) is 5.75 Å². The lowest BCUT2D eigenvalue weighted by molar-refractivity contribution is 0.0894. The monoisotopic (exact) mass is 282 g/mol. The maximum absolute atomic E-state index is 12.2. The first-order chi connectivity index (χ1) is 10.3. The number of pyridine rings is 1. The Hall–Kier alpha value is -2.36. The Bertz CT molecular complexity index is 586. The van der Waals surface area contributed by atoms with E-state index in [0.717, 1.165) is 25.0 Å². The highest BCUT2D eigenvalue weighted by atomic mass is 16.5. The van der Waals surface area contributed by atoms with Crippen molar-refractivity contribution in [3.05, 3.63) is 60.4 Å². The summed E-state index contributed by atoms with van der Waals surface area (Å²) in [6.45, 7) is 0. The first-order valence-corrected chi connectivity index (χ1v) is 7.25. The molecule has 108 valence electrons. The molecule has 0 radical (unpaired) electrons. The van der Waals surface area contributed by atoms with E-state index < -0.39 is 0 Å². The summed E-state index contributed by atoms with van der Waals surface area (Å²) in [7, 11) is 0. The summed E-state index contributed by atoms with van der Waals surface area (Å²) in [6.07, 6.45) is 6.28. The fourth-order valence-electron chi connectivity index (χ4n) is 2.66. The quantitative estimate of drug-likeness (QED) is 0.938. The van der Waals surface area contributed by atoms with Crippen molar-refractivity contribution in [3.63, 3.8) is 0 Å². The molecule has 0 aliphatic heterocycles. The molecule has 4 heteroatoms. The maximum atomic E-state index is 12.2. The molecule has 1 aromatic carbocycles. The lowest BCUT2D eigenvalue weighted by Gasteiger charge is -2.22. The summed E-state index contributed by atoms with van der Waals surface area (Å²) in [5.74, 6) is 0.790. The highest BCUT2D eigenvalue weighted by Crippen LogP contribution is 2.24. The largest absolute Gasteiger partial charge is 0.488 e. The molecular formula is C17H18N2O2. The molecule has 1 aromatic heterocycles. The second kappa shape index (κ2) is 6.39. The maximum Gasteiger partial charge on any atom is 0.251 e. The van der Waals surface area contributed by atoms with Gasteiger partial charge < -0.3 is 10.1 Å². The average molecular weight is 282 g/mol. The van der Waals surface area contributed by atoms with Crippen molar-refractivity contribution < 1.29 is 9.53 Å². The Morgan fingerprint density at radius 1 is 1.10 bits per heavy atom. The minimum absolute atomic E-state index is 0.0400. The van der Waals surface area contributed by atoms with E-state index in [1.807, 2.05) is 30.3 Å². The number of hydrogen-bond acceptors (Lipinski definition) is 3. The van der Waals surface area contributed by atoms with E-state index in [1.165, 1.54) is 0 Å². The van der Waals surface area contributed by atoms with Crippen LogP contribution in [0.15, 0.2) is 54.9 Å². The lowest BCUT2D eigenvalue weighted by Crippen LogP contribution is -2.42. The van der Waals surface area contributed by atoms with Crippen molar-refractivity contribution >= 4 is 5.91 Å². The van der Waals surface area contributed by atoms with Crippen LogP contribution in [0.2, 0.25) is 0 Å². The van der Waals surface area contributed by atoms with Crippen molar-refractivity contribution in [2.24, 2.45) is 0 Å². The van der Waals surface area contributed by atoms with Crippen LogP contribution in [0.5, 0.6) is 5.75 Å².